The van der Waals surface area contributed by atoms with Crippen LogP contribution in [0.3, 0.4) is 0 Å². The Morgan fingerprint density at radius 3 is 2.94 bits per heavy atom. The van der Waals surface area contributed by atoms with Crippen LogP contribution < -0.4 is 10.6 Å². The van der Waals surface area contributed by atoms with Crippen LogP contribution in [-0.4, -0.2) is 18.5 Å². The number of carbonyl (C=O) groups excluding carboxylic acids is 1. The summed E-state index contributed by atoms with van der Waals surface area (Å²) in [6, 6.07) is 7.93. The summed E-state index contributed by atoms with van der Waals surface area (Å²) in [5.41, 5.74) is 1.34. The molecule has 2 rings (SSSR count). The zero-order chi connectivity index (χ0) is 13.0. The van der Waals surface area contributed by atoms with E-state index in [2.05, 4.69) is 32.6 Å². The molecule has 0 bridgehead atoms. The molecule has 0 radical (unpaired) electrons. The summed E-state index contributed by atoms with van der Waals surface area (Å²) < 4.78 is 0.909. The molecule has 0 saturated heterocycles. The summed E-state index contributed by atoms with van der Waals surface area (Å²) in [7, 11) is 0. The second-order valence-corrected chi connectivity index (χ2v) is 5.24. The van der Waals surface area contributed by atoms with Crippen LogP contribution in [0.15, 0.2) is 22.7 Å². The number of hydrogen-bond acceptors (Lipinski definition) is 3. The van der Waals surface area contributed by atoms with Crippen LogP contribution >= 0.6 is 15.9 Å². The van der Waals surface area contributed by atoms with E-state index in [0.29, 0.717) is 24.6 Å². The van der Waals surface area contributed by atoms with Gasteiger partial charge in [-0.3, -0.25) is 4.79 Å². The third-order valence-electron chi connectivity index (χ3n) is 2.71. The molecule has 1 aromatic rings. The van der Waals surface area contributed by atoms with Gasteiger partial charge in [0.15, 0.2) is 0 Å². The molecule has 1 amide bonds. The first kappa shape index (κ1) is 12.9. The molecule has 2 N–H and O–H groups in total. The van der Waals surface area contributed by atoms with Crippen LogP contribution in [0, 0.1) is 11.3 Å². The van der Waals surface area contributed by atoms with Crippen LogP contribution in [0.1, 0.15) is 24.8 Å². The molecule has 4 nitrogen and oxygen atoms in total. The fourth-order valence-electron chi connectivity index (χ4n) is 1.60. The molecule has 1 saturated carbocycles. The summed E-state index contributed by atoms with van der Waals surface area (Å²) in [6.45, 7) is 0.531. The third-order valence-corrected chi connectivity index (χ3v) is 3.21. The van der Waals surface area contributed by atoms with Gasteiger partial charge >= 0.3 is 0 Å². The van der Waals surface area contributed by atoms with Crippen LogP contribution in [0.4, 0.5) is 5.69 Å². The summed E-state index contributed by atoms with van der Waals surface area (Å²) in [4.78, 5) is 11.5. The molecular formula is C13H14BrN3O. The molecule has 0 heterocycles. The Bertz CT molecular complexity index is 491. The molecule has 0 unspecified atom stereocenters. The normalized spacial score (nSPS) is 13.8. The number of nitrogens with one attached hydrogen (secondary N) is 2. The highest BCUT2D eigenvalue weighted by Crippen LogP contribution is 2.21. The lowest BCUT2D eigenvalue weighted by Crippen LogP contribution is -2.27. The highest BCUT2D eigenvalue weighted by Gasteiger charge is 2.22. The monoisotopic (exact) mass is 307 g/mol. The number of carbonyl (C=O) groups is 1. The van der Waals surface area contributed by atoms with Crippen molar-refractivity contribution in [2.45, 2.75) is 25.3 Å². The minimum Gasteiger partial charge on any atom is -0.383 e. The molecule has 94 valence electrons. The van der Waals surface area contributed by atoms with Crippen molar-refractivity contribution in [1.82, 2.24) is 5.32 Å². The maximum Gasteiger partial charge on any atom is 0.221 e. The summed E-state index contributed by atoms with van der Waals surface area (Å²) in [5, 5.41) is 15.0. The average Bonchev–Trinajstić information content (AvgIpc) is 3.13. The van der Waals surface area contributed by atoms with Crippen molar-refractivity contribution in [3.05, 3.63) is 28.2 Å². The minimum absolute atomic E-state index is 0.0681. The molecule has 1 aliphatic rings. The lowest BCUT2D eigenvalue weighted by Gasteiger charge is -2.08. The average molecular weight is 308 g/mol. The van der Waals surface area contributed by atoms with Crippen molar-refractivity contribution < 1.29 is 4.79 Å². The van der Waals surface area contributed by atoms with Gasteiger partial charge in [0.25, 0.3) is 0 Å². The number of rotatable bonds is 5. The Morgan fingerprint density at radius 2 is 2.28 bits per heavy atom. The minimum atomic E-state index is 0.0681. The van der Waals surface area contributed by atoms with Gasteiger partial charge in [-0.05, 0) is 31.0 Å². The first-order chi connectivity index (χ1) is 8.69. The Labute approximate surface area is 115 Å². The van der Waals surface area contributed by atoms with Crippen LogP contribution in [0.25, 0.3) is 0 Å². The third kappa shape index (κ3) is 3.74. The summed E-state index contributed by atoms with van der Waals surface area (Å²) in [6.07, 6.45) is 2.63. The molecule has 0 aromatic heterocycles. The second-order valence-electron chi connectivity index (χ2n) is 4.32. The zero-order valence-electron chi connectivity index (χ0n) is 9.87. The van der Waals surface area contributed by atoms with Gasteiger partial charge in [-0.1, -0.05) is 15.9 Å². The largest absolute Gasteiger partial charge is 0.383 e. The van der Waals surface area contributed by atoms with E-state index in [-0.39, 0.29) is 5.91 Å². The van der Waals surface area contributed by atoms with E-state index < -0.39 is 0 Å². The van der Waals surface area contributed by atoms with E-state index in [0.717, 1.165) is 23.0 Å². The maximum absolute atomic E-state index is 11.5. The van der Waals surface area contributed by atoms with E-state index in [1.165, 1.54) is 0 Å². The van der Waals surface area contributed by atoms with E-state index >= 15 is 0 Å². The molecule has 0 atom stereocenters. The van der Waals surface area contributed by atoms with Crippen molar-refractivity contribution in [3.8, 4) is 6.07 Å². The van der Waals surface area contributed by atoms with Crippen LogP contribution in [0.5, 0.6) is 0 Å². The topological polar surface area (TPSA) is 64.9 Å². The van der Waals surface area contributed by atoms with Crippen molar-refractivity contribution in [2.24, 2.45) is 0 Å². The van der Waals surface area contributed by atoms with Crippen molar-refractivity contribution in [1.29, 1.82) is 5.26 Å². The summed E-state index contributed by atoms with van der Waals surface area (Å²) >= 11 is 3.36. The zero-order valence-corrected chi connectivity index (χ0v) is 11.5. The van der Waals surface area contributed by atoms with Gasteiger partial charge in [0, 0.05) is 23.5 Å². The fourth-order valence-corrected chi connectivity index (χ4v) is 1.96. The lowest BCUT2D eigenvalue weighted by atomic mass is 10.2. The molecule has 5 heteroatoms. The number of benzene rings is 1. The van der Waals surface area contributed by atoms with Gasteiger partial charge in [-0.15, -0.1) is 0 Å². The standard InChI is InChI=1S/C13H14BrN3O/c14-10-2-1-9(8-15)12(7-10)16-6-5-13(18)17-11-3-4-11/h1-2,7,11,16H,3-6H2,(H,17,18). The summed E-state index contributed by atoms with van der Waals surface area (Å²) in [5.74, 6) is 0.0681. The quantitative estimate of drug-likeness (QED) is 0.878. The van der Waals surface area contributed by atoms with E-state index in [9.17, 15) is 4.79 Å². The lowest BCUT2D eigenvalue weighted by molar-refractivity contribution is -0.120. The molecule has 0 aliphatic heterocycles. The number of halogens is 1. The van der Waals surface area contributed by atoms with Gasteiger partial charge in [0.1, 0.15) is 6.07 Å². The number of nitriles is 1. The van der Waals surface area contributed by atoms with Gasteiger partial charge < -0.3 is 10.6 Å². The van der Waals surface area contributed by atoms with Crippen molar-refractivity contribution in [2.75, 3.05) is 11.9 Å². The Morgan fingerprint density at radius 1 is 1.50 bits per heavy atom. The number of nitrogens with zero attached hydrogens (tertiary/aromatic N) is 1. The molecule has 1 aromatic carbocycles. The van der Waals surface area contributed by atoms with Gasteiger partial charge in [-0.2, -0.15) is 5.26 Å². The highest BCUT2D eigenvalue weighted by molar-refractivity contribution is 9.10. The van der Waals surface area contributed by atoms with Crippen molar-refractivity contribution in [3.63, 3.8) is 0 Å². The first-order valence-electron chi connectivity index (χ1n) is 5.92. The molecular weight excluding hydrogens is 294 g/mol. The number of anilines is 1. The highest BCUT2D eigenvalue weighted by atomic mass is 79.9. The van der Waals surface area contributed by atoms with E-state index in [4.69, 9.17) is 5.26 Å². The first-order valence-corrected chi connectivity index (χ1v) is 6.71. The Hall–Kier alpha value is -1.54. The Balaban J connectivity index is 1.83. The van der Waals surface area contributed by atoms with Crippen LogP contribution in [0.2, 0.25) is 0 Å². The molecule has 1 fully saturated rings. The molecule has 1 aliphatic carbocycles. The smallest absolute Gasteiger partial charge is 0.221 e. The number of amides is 1. The number of hydrogen-bond donors (Lipinski definition) is 2. The van der Waals surface area contributed by atoms with E-state index in [1.54, 1.807) is 6.07 Å². The fraction of sp³-hybridized carbons (Fsp3) is 0.385. The van der Waals surface area contributed by atoms with Crippen molar-refractivity contribution >= 4 is 27.5 Å². The molecule has 0 spiro atoms. The predicted octanol–water partition coefficient (Wildman–Crippen LogP) is 2.40. The van der Waals surface area contributed by atoms with Gasteiger partial charge in [-0.25, -0.2) is 0 Å². The maximum atomic E-state index is 11.5. The van der Waals surface area contributed by atoms with E-state index in [1.807, 2.05) is 12.1 Å². The Kier molecular flexibility index (Phi) is 4.21. The second kappa shape index (κ2) is 5.87. The molecule has 18 heavy (non-hydrogen) atoms. The SMILES string of the molecule is N#Cc1ccc(Br)cc1NCCC(=O)NC1CC1. The van der Waals surface area contributed by atoms with Gasteiger partial charge in [0.2, 0.25) is 5.91 Å². The van der Waals surface area contributed by atoms with Gasteiger partial charge in [0.05, 0.1) is 11.3 Å². The van der Waals surface area contributed by atoms with Crippen LogP contribution in [-0.2, 0) is 4.79 Å². The predicted molar refractivity (Wildman–Crippen MR) is 73.1 cm³/mol.